The number of nitrogens with zero attached hydrogens (tertiary/aromatic N) is 2. The molecule has 0 aliphatic carbocycles. The van der Waals surface area contributed by atoms with Crippen LogP contribution in [0.15, 0.2) is 259 Å². The molecular weight excluding hydrogens is 853 g/mol. The molecule has 2 heterocycles. The number of fused-ring (bicyclic) bond motifs is 8. The minimum absolute atomic E-state index is 0.826. The van der Waals surface area contributed by atoms with E-state index in [1.807, 2.05) is 0 Å². The van der Waals surface area contributed by atoms with Crippen molar-refractivity contribution in [3.05, 3.63) is 255 Å². The molecule has 12 aromatic carbocycles. The van der Waals surface area contributed by atoms with Crippen LogP contribution in [0.2, 0.25) is 0 Å². The van der Waals surface area contributed by atoms with E-state index in [4.69, 9.17) is 9.15 Å². The van der Waals surface area contributed by atoms with Crippen molar-refractivity contribution in [2.75, 3.05) is 9.80 Å². The van der Waals surface area contributed by atoms with Gasteiger partial charge in [-0.15, -0.1) is 0 Å². The van der Waals surface area contributed by atoms with Crippen LogP contribution in [0.25, 0.3) is 87.6 Å². The van der Waals surface area contributed by atoms with Crippen molar-refractivity contribution in [3.8, 4) is 44.9 Å². The highest BCUT2D eigenvalue weighted by Crippen LogP contribution is 2.52. The quantitative estimate of drug-likeness (QED) is 0.152. The lowest BCUT2D eigenvalue weighted by Gasteiger charge is -2.27. The molecule has 13 aromatic rings. The largest absolute Gasteiger partial charge is 0.456 e. The number of rotatable bonds is 8. The van der Waals surface area contributed by atoms with Gasteiger partial charge >= 0.3 is 0 Å². The molecule has 4 nitrogen and oxygen atoms in total. The third kappa shape index (κ3) is 6.38. The first-order valence-electron chi connectivity index (χ1n) is 23.8. The van der Waals surface area contributed by atoms with E-state index in [9.17, 15) is 0 Å². The lowest BCUT2D eigenvalue weighted by atomic mass is 9.90. The van der Waals surface area contributed by atoms with Crippen molar-refractivity contribution in [1.82, 2.24) is 0 Å². The molecule has 0 fully saturated rings. The van der Waals surface area contributed by atoms with Gasteiger partial charge in [-0.05, 0) is 135 Å². The maximum absolute atomic E-state index is 6.92. The molecule has 0 N–H and O–H groups in total. The Morgan fingerprint density at radius 2 is 0.714 bits per heavy atom. The second-order valence-corrected chi connectivity index (χ2v) is 18.0. The molecule has 0 unspecified atom stereocenters. The Labute approximate surface area is 405 Å². The molecule has 0 spiro atoms. The lowest BCUT2D eigenvalue weighted by molar-refractivity contribution is 0.487. The van der Waals surface area contributed by atoms with E-state index in [2.05, 4.69) is 265 Å². The summed E-state index contributed by atoms with van der Waals surface area (Å²) in [7, 11) is 0. The molecule has 0 bridgehead atoms. The van der Waals surface area contributed by atoms with Gasteiger partial charge < -0.3 is 19.0 Å². The molecule has 70 heavy (non-hydrogen) atoms. The van der Waals surface area contributed by atoms with Crippen LogP contribution in [0.5, 0.6) is 11.5 Å². The minimum atomic E-state index is 0.826. The number of furan rings is 1. The fourth-order valence-corrected chi connectivity index (χ4v) is 10.9. The summed E-state index contributed by atoms with van der Waals surface area (Å²) < 4.78 is 13.8. The molecule has 1 aliphatic rings. The molecule has 14 rings (SSSR count). The summed E-state index contributed by atoms with van der Waals surface area (Å²) in [4.78, 5) is 4.68. The maximum Gasteiger partial charge on any atom is 0.136 e. The van der Waals surface area contributed by atoms with Gasteiger partial charge in [0.25, 0.3) is 0 Å². The molecule has 0 saturated carbocycles. The molecule has 328 valence electrons. The fraction of sp³-hybridized carbons (Fsp3) is 0. The van der Waals surface area contributed by atoms with Gasteiger partial charge in [-0.1, -0.05) is 158 Å². The van der Waals surface area contributed by atoms with Gasteiger partial charge in [-0.2, -0.15) is 0 Å². The topological polar surface area (TPSA) is 28.9 Å². The summed E-state index contributed by atoms with van der Waals surface area (Å²) in [5.74, 6) is 1.67. The van der Waals surface area contributed by atoms with E-state index in [1.54, 1.807) is 0 Å². The number of para-hydroxylation sites is 4. The monoisotopic (exact) mass is 894 g/mol. The number of ether oxygens (including phenoxy) is 1. The second kappa shape index (κ2) is 16.2. The third-order valence-electron chi connectivity index (χ3n) is 14.0. The average molecular weight is 895 g/mol. The van der Waals surface area contributed by atoms with Gasteiger partial charge in [-0.3, -0.25) is 0 Å². The van der Waals surface area contributed by atoms with Gasteiger partial charge in [-0.25, -0.2) is 0 Å². The summed E-state index contributed by atoms with van der Waals surface area (Å²) in [5.41, 5.74) is 15.0. The van der Waals surface area contributed by atoms with Crippen LogP contribution in [0, 0.1) is 0 Å². The van der Waals surface area contributed by atoms with Crippen molar-refractivity contribution in [3.63, 3.8) is 0 Å². The smallest absolute Gasteiger partial charge is 0.136 e. The molecular formula is C66H42N2O2. The molecule has 0 atom stereocenters. The van der Waals surface area contributed by atoms with Gasteiger partial charge in [0.2, 0.25) is 0 Å². The predicted octanol–water partition coefficient (Wildman–Crippen LogP) is 19.1. The van der Waals surface area contributed by atoms with Crippen LogP contribution in [0.1, 0.15) is 0 Å². The Morgan fingerprint density at radius 3 is 1.26 bits per heavy atom. The van der Waals surface area contributed by atoms with Crippen LogP contribution in [-0.2, 0) is 0 Å². The van der Waals surface area contributed by atoms with Crippen LogP contribution in [0.4, 0.5) is 34.1 Å². The van der Waals surface area contributed by atoms with Gasteiger partial charge in [0.15, 0.2) is 0 Å². The molecule has 0 radical (unpaired) electrons. The molecule has 4 heteroatoms. The summed E-state index contributed by atoms with van der Waals surface area (Å²) in [6.45, 7) is 0. The summed E-state index contributed by atoms with van der Waals surface area (Å²) >= 11 is 0. The van der Waals surface area contributed by atoms with E-state index in [1.165, 1.54) is 21.5 Å². The Balaban J connectivity index is 0.865. The average Bonchev–Trinajstić information content (AvgIpc) is 3.80. The van der Waals surface area contributed by atoms with E-state index in [0.717, 1.165) is 112 Å². The second-order valence-electron chi connectivity index (χ2n) is 18.0. The van der Waals surface area contributed by atoms with Gasteiger partial charge in [0, 0.05) is 60.8 Å². The van der Waals surface area contributed by atoms with Crippen molar-refractivity contribution in [2.45, 2.75) is 0 Å². The highest BCUT2D eigenvalue weighted by atomic mass is 16.5. The summed E-state index contributed by atoms with van der Waals surface area (Å²) in [5, 5.41) is 9.07. The maximum atomic E-state index is 6.92. The zero-order chi connectivity index (χ0) is 46.1. The van der Waals surface area contributed by atoms with Crippen molar-refractivity contribution < 1.29 is 9.15 Å². The van der Waals surface area contributed by atoms with Crippen LogP contribution >= 0.6 is 0 Å². The highest BCUT2D eigenvalue weighted by Gasteiger charge is 2.26. The van der Waals surface area contributed by atoms with Crippen molar-refractivity contribution in [2.24, 2.45) is 0 Å². The number of hydrogen-bond acceptors (Lipinski definition) is 4. The molecule has 0 amide bonds. The SMILES string of the molecule is c1ccc(N(c2ccccc2)c2ccc(-c3ccc4c(c3)Oc3cccc5c3c-4cc3oc4cc(-c6ccc(N(c7ccccc7)c7ccccc7)c7ccccc67)ccc4c35)c3ccccc23)cc1. The minimum Gasteiger partial charge on any atom is -0.456 e. The van der Waals surface area contributed by atoms with Crippen LogP contribution < -0.4 is 14.5 Å². The molecule has 1 aliphatic heterocycles. The van der Waals surface area contributed by atoms with E-state index >= 15 is 0 Å². The number of anilines is 6. The Kier molecular flexibility index (Phi) is 9.17. The van der Waals surface area contributed by atoms with Gasteiger partial charge in [0.1, 0.15) is 22.7 Å². The first kappa shape index (κ1) is 39.8. The molecule has 1 aromatic heterocycles. The van der Waals surface area contributed by atoms with Crippen molar-refractivity contribution >= 4 is 88.4 Å². The zero-order valence-corrected chi connectivity index (χ0v) is 38.0. The van der Waals surface area contributed by atoms with E-state index in [0.29, 0.717) is 0 Å². The Bertz CT molecular complexity index is 4070. The number of hydrogen-bond donors (Lipinski definition) is 0. The predicted molar refractivity (Wildman–Crippen MR) is 292 cm³/mol. The normalized spacial score (nSPS) is 11.8. The first-order valence-corrected chi connectivity index (χ1v) is 23.8. The zero-order valence-electron chi connectivity index (χ0n) is 38.0. The van der Waals surface area contributed by atoms with E-state index in [-0.39, 0.29) is 0 Å². The highest BCUT2D eigenvalue weighted by molar-refractivity contribution is 6.24. The Hall–Kier alpha value is -9.38. The van der Waals surface area contributed by atoms with E-state index < -0.39 is 0 Å². The van der Waals surface area contributed by atoms with Crippen molar-refractivity contribution in [1.29, 1.82) is 0 Å². The number of benzene rings is 12. The van der Waals surface area contributed by atoms with Crippen LogP contribution in [-0.4, -0.2) is 0 Å². The molecule has 0 saturated heterocycles. The Morgan fingerprint density at radius 1 is 0.257 bits per heavy atom. The fourth-order valence-electron chi connectivity index (χ4n) is 10.9. The van der Waals surface area contributed by atoms with Crippen LogP contribution in [0.3, 0.4) is 0 Å². The first-order chi connectivity index (χ1) is 34.7. The van der Waals surface area contributed by atoms with Gasteiger partial charge in [0.05, 0.1) is 11.4 Å². The third-order valence-corrected chi connectivity index (χ3v) is 14.0. The standard InChI is InChI=1S/C66H42N2O2/c1-5-18-45(19-6-1)67(46-20-7-2-8-21-46)59-38-36-49(51-26-13-15-28-53(51)59)43-32-34-55-58-42-64-65(57-30-17-31-61(66(57)58)69-62(55)40-43)56-35-33-44(41-63(56)70-64)50-37-39-60(54-29-16-14-27-52(50)54)68(47-22-9-3-10-23-47)48-24-11-4-12-25-48/h1-42H. The lowest BCUT2D eigenvalue weighted by Crippen LogP contribution is -2.10. The summed E-state index contributed by atoms with van der Waals surface area (Å²) in [6.07, 6.45) is 0. The summed E-state index contributed by atoms with van der Waals surface area (Å²) in [6, 6.07) is 90.7.